The van der Waals surface area contributed by atoms with Crippen LogP contribution in [0.3, 0.4) is 0 Å². The van der Waals surface area contributed by atoms with Crippen LogP contribution in [0.25, 0.3) is 5.57 Å². The summed E-state index contributed by atoms with van der Waals surface area (Å²) in [6.07, 6.45) is 0. The van der Waals surface area contributed by atoms with Crippen LogP contribution in [-0.4, -0.2) is 43.8 Å². The topological polar surface area (TPSA) is 65.1 Å². The molecule has 0 N–H and O–H groups in total. The van der Waals surface area contributed by atoms with Gasteiger partial charge in [-0.3, -0.25) is 14.5 Å². The minimum atomic E-state index is -0.311. The van der Waals surface area contributed by atoms with Crippen molar-refractivity contribution in [1.29, 1.82) is 0 Å². The van der Waals surface area contributed by atoms with Crippen molar-refractivity contribution in [3.63, 3.8) is 0 Å². The molecule has 2 aromatic rings. The average Bonchev–Trinajstić information content (AvgIpc) is 2.98. The Morgan fingerprint density at radius 1 is 0.862 bits per heavy atom. The molecule has 7 heteroatoms. The van der Waals surface area contributed by atoms with Crippen molar-refractivity contribution in [1.82, 2.24) is 4.90 Å². The Morgan fingerprint density at radius 3 is 2.14 bits per heavy atom. The molecule has 0 aliphatic carbocycles. The zero-order valence-corrected chi connectivity index (χ0v) is 17.7. The summed E-state index contributed by atoms with van der Waals surface area (Å²) in [6.45, 7) is 2.15. The largest absolute Gasteiger partial charge is 0.497 e. The number of hydrogen-bond donors (Lipinski definition) is 0. The third kappa shape index (κ3) is 4.10. The molecular weight excluding hydrogens is 390 g/mol. The van der Waals surface area contributed by atoms with E-state index < -0.39 is 0 Å². The zero-order valence-electron chi connectivity index (χ0n) is 16.9. The van der Waals surface area contributed by atoms with E-state index in [-0.39, 0.29) is 18.4 Å². The monoisotopic (exact) mass is 413 g/mol. The molecule has 0 radical (unpaired) electrons. The molecular formula is C22H23NO5S. The number of thioether (sulfide) groups is 1. The Labute approximate surface area is 174 Å². The second-order valence-corrected chi connectivity index (χ2v) is 7.53. The molecule has 0 aromatic heterocycles. The summed E-state index contributed by atoms with van der Waals surface area (Å²) < 4.78 is 15.8. The van der Waals surface area contributed by atoms with Crippen LogP contribution in [0.15, 0.2) is 47.4 Å². The summed E-state index contributed by atoms with van der Waals surface area (Å²) in [6, 6.07) is 12.6. The fourth-order valence-corrected chi connectivity index (χ4v) is 4.01. The van der Waals surface area contributed by atoms with E-state index in [2.05, 4.69) is 0 Å². The third-order valence-corrected chi connectivity index (χ3v) is 5.54. The lowest BCUT2D eigenvalue weighted by molar-refractivity contribution is -0.137. The normalized spacial score (nSPS) is 13.9. The quantitative estimate of drug-likeness (QED) is 0.614. The van der Waals surface area contributed by atoms with Gasteiger partial charge in [-0.2, -0.15) is 0 Å². The van der Waals surface area contributed by atoms with Gasteiger partial charge in [-0.15, -0.1) is 11.8 Å². The zero-order chi connectivity index (χ0) is 21.0. The predicted octanol–water partition coefficient (Wildman–Crippen LogP) is 3.75. The van der Waals surface area contributed by atoms with Crippen molar-refractivity contribution < 1.29 is 23.8 Å². The molecule has 152 valence electrons. The molecule has 3 rings (SSSR count). The van der Waals surface area contributed by atoms with Gasteiger partial charge in [0, 0.05) is 0 Å². The van der Waals surface area contributed by atoms with Crippen LogP contribution < -0.4 is 14.2 Å². The van der Waals surface area contributed by atoms with Gasteiger partial charge in [-0.1, -0.05) is 25.1 Å². The Kier molecular flexibility index (Phi) is 6.49. The van der Waals surface area contributed by atoms with Gasteiger partial charge in [-0.05, 0) is 41.1 Å². The summed E-state index contributed by atoms with van der Waals surface area (Å²) in [5.41, 5.74) is 1.88. The van der Waals surface area contributed by atoms with Gasteiger partial charge < -0.3 is 14.2 Å². The molecule has 2 amide bonds. The molecule has 29 heavy (non-hydrogen) atoms. The molecule has 2 aromatic carbocycles. The highest BCUT2D eigenvalue weighted by atomic mass is 32.2. The van der Waals surface area contributed by atoms with Gasteiger partial charge in [0.05, 0.1) is 38.4 Å². The van der Waals surface area contributed by atoms with Crippen LogP contribution in [0.5, 0.6) is 17.2 Å². The first-order valence-electron chi connectivity index (χ1n) is 9.12. The highest BCUT2D eigenvalue weighted by Crippen LogP contribution is 2.39. The van der Waals surface area contributed by atoms with Crippen LogP contribution in [0.1, 0.15) is 18.1 Å². The molecule has 6 nitrogen and oxygen atoms in total. The maximum absolute atomic E-state index is 13.2. The number of carbonyl (C=O) groups excluding carboxylic acids is 2. The van der Waals surface area contributed by atoms with Crippen LogP contribution in [0.4, 0.5) is 0 Å². The lowest BCUT2D eigenvalue weighted by Crippen LogP contribution is -2.30. The molecule has 0 atom stereocenters. The van der Waals surface area contributed by atoms with Crippen molar-refractivity contribution >= 4 is 29.1 Å². The van der Waals surface area contributed by atoms with E-state index in [1.165, 1.54) is 23.8 Å². The molecule has 1 aliphatic heterocycles. The average molecular weight is 413 g/mol. The predicted molar refractivity (Wildman–Crippen MR) is 113 cm³/mol. The van der Waals surface area contributed by atoms with Crippen molar-refractivity contribution in [2.24, 2.45) is 0 Å². The third-order valence-electron chi connectivity index (χ3n) is 4.59. The van der Waals surface area contributed by atoms with Crippen LogP contribution in [-0.2, 0) is 16.1 Å². The molecule has 0 fully saturated rings. The van der Waals surface area contributed by atoms with E-state index in [1.54, 1.807) is 32.4 Å². The Bertz CT molecular complexity index is 952. The summed E-state index contributed by atoms with van der Waals surface area (Å²) >= 11 is 1.37. The number of ether oxygens (including phenoxy) is 3. The van der Waals surface area contributed by atoms with Gasteiger partial charge in [0.2, 0.25) is 0 Å². The number of imide groups is 1. The first-order valence-corrected chi connectivity index (χ1v) is 10.1. The lowest BCUT2D eigenvalue weighted by Gasteiger charge is -2.16. The summed E-state index contributed by atoms with van der Waals surface area (Å²) in [7, 11) is 4.68. The second kappa shape index (κ2) is 9.05. The van der Waals surface area contributed by atoms with Gasteiger partial charge in [0.25, 0.3) is 11.8 Å². The van der Waals surface area contributed by atoms with E-state index in [0.29, 0.717) is 33.3 Å². The van der Waals surface area contributed by atoms with Crippen molar-refractivity contribution in [2.75, 3.05) is 27.1 Å². The second-order valence-electron chi connectivity index (χ2n) is 6.25. The van der Waals surface area contributed by atoms with Crippen LogP contribution in [0.2, 0.25) is 0 Å². The summed E-state index contributed by atoms with van der Waals surface area (Å²) in [4.78, 5) is 28.0. The van der Waals surface area contributed by atoms with Gasteiger partial charge in [0.15, 0.2) is 11.5 Å². The van der Waals surface area contributed by atoms with Crippen molar-refractivity contribution in [3.8, 4) is 17.2 Å². The molecule has 1 heterocycles. The summed E-state index contributed by atoms with van der Waals surface area (Å²) in [5.74, 6) is 1.89. The molecule has 0 unspecified atom stereocenters. The standard InChI is InChI=1S/C22H23NO5S/c1-5-29-20-19(15-8-11-17(27-3)18(12-15)28-4)21(24)23(22(20)25)13-14-6-9-16(26-2)10-7-14/h6-12H,5,13H2,1-4H3. The maximum atomic E-state index is 13.2. The molecule has 0 saturated carbocycles. The highest BCUT2D eigenvalue weighted by molar-refractivity contribution is 8.04. The van der Waals surface area contributed by atoms with Gasteiger partial charge in [-0.25, -0.2) is 0 Å². The molecule has 1 aliphatic rings. The summed E-state index contributed by atoms with van der Waals surface area (Å²) in [5, 5.41) is 0. The number of amides is 2. The number of rotatable bonds is 8. The molecule has 0 spiro atoms. The molecule has 0 bridgehead atoms. The smallest absolute Gasteiger partial charge is 0.268 e. The minimum absolute atomic E-state index is 0.201. The number of carbonyl (C=O) groups is 2. The van der Waals surface area contributed by atoms with E-state index in [9.17, 15) is 9.59 Å². The number of nitrogens with zero attached hydrogens (tertiary/aromatic N) is 1. The maximum Gasteiger partial charge on any atom is 0.268 e. The van der Waals surface area contributed by atoms with Crippen LogP contribution >= 0.6 is 11.8 Å². The van der Waals surface area contributed by atoms with Crippen molar-refractivity contribution in [2.45, 2.75) is 13.5 Å². The first-order chi connectivity index (χ1) is 14.0. The van der Waals surface area contributed by atoms with E-state index in [4.69, 9.17) is 14.2 Å². The SMILES string of the molecule is CCSC1=C(c2ccc(OC)c(OC)c2)C(=O)N(Cc2ccc(OC)cc2)C1=O. The first kappa shape index (κ1) is 20.8. The van der Waals surface area contributed by atoms with E-state index >= 15 is 0 Å². The Morgan fingerprint density at radius 2 is 1.55 bits per heavy atom. The van der Waals surface area contributed by atoms with Crippen molar-refractivity contribution in [3.05, 3.63) is 58.5 Å². The number of hydrogen-bond acceptors (Lipinski definition) is 6. The Hall–Kier alpha value is -2.93. The van der Waals surface area contributed by atoms with Gasteiger partial charge >= 0.3 is 0 Å². The Balaban J connectivity index is 1.96. The van der Waals surface area contributed by atoms with E-state index in [1.807, 2.05) is 31.2 Å². The minimum Gasteiger partial charge on any atom is -0.497 e. The lowest BCUT2D eigenvalue weighted by atomic mass is 10.1. The highest BCUT2D eigenvalue weighted by Gasteiger charge is 2.39. The van der Waals surface area contributed by atoms with Crippen LogP contribution in [0, 0.1) is 0 Å². The number of benzene rings is 2. The molecule has 0 saturated heterocycles. The fraction of sp³-hybridized carbons (Fsp3) is 0.273. The number of methoxy groups -OCH3 is 3. The van der Waals surface area contributed by atoms with Gasteiger partial charge in [0.1, 0.15) is 5.75 Å². The van der Waals surface area contributed by atoms with E-state index in [0.717, 1.165) is 11.3 Å². The fourth-order valence-electron chi connectivity index (χ4n) is 3.14.